The Morgan fingerprint density at radius 1 is 1.36 bits per heavy atom. The van der Waals surface area contributed by atoms with Gasteiger partial charge in [-0.1, -0.05) is 12.1 Å². The van der Waals surface area contributed by atoms with E-state index in [9.17, 15) is 13.2 Å². The second-order valence-corrected chi connectivity index (χ2v) is 8.46. The quantitative estimate of drug-likeness (QED) is 0.802. The molecule has 2 heterocycles. The SMILES string of the molecule is COc1cccc2c1OC[C@@H](C(=O)NCCS(=O)(=O)N1CCCC1)C2. The van der Waals surface area contributed by atoms with E-state index < -0.39 is 10.0 Å². The number of amides is 1. The van der Waals surface area contributed by atoms with Crippen molar-refractivity contribution in [3.63, 3.8) is 0 Å². The third-order valence-electron chi connectivity index (χ3n) is 4.66. The van der Waals surface area contributed by atoms with Crippen molar-refractivity contribution in [1.82, 2.24) is 9.62 Å². The van der Waals surface area contributed by atoms with Crippen LogP contribution in [0.25, 0.3) is 0 Å². The Hall–Kier alpha value is -1.80. The molecule has 1 saturated heterocycles. The van der Waals surface area contributed by atoms with Crippen LogP contribution in [0.15, 0.2) is 18.2 Å². The van der Waals surface area contributed by atoms with Crippen molar-refractivity contribution >= 4 is 15.9 Å². The molecule has 1 atom stereocenters. The molecular formula is C17H24N2O5S. The maximum absolute atomic E-state index is 12.3. The van der Waals surface area contributed by atoms with Crippen LogP contribution in [0.5, 0.6) is 11.5 Å². The molecule has 0 bridgehead atoms. The Kier molecular flexibility index (Phi) is 5.48. The molecule has 25 heavy (non-hydrogen) atoms. The van der Waals surface area contributed by atoms with Crippen LogP contribution < -0.4 is 14.8 Å². The van der Waals surface area contributed by atoms with Gasteiger partial charge in [-0.25, -0.2) is 12.7 Å². The van der Waals surface area contributed by atoms with Crippen molar-refractivity contribution in [2.24, 2.45) is 5.92 Å². The Balaban J connectivity index is 1.52. The number of hydrogen-bond donors (Lipinski definition) is 1. The summed E-state index contributed by atoms with van der Waals surface area (Å²) in [5.41, 5.74) is 0.926. The first-order valence-electron chi connectivity index (χ1n) is 8.55. The van der Waals surface area contributed by atoms with Gasteiger partial charge in [0, 0.05) is 19.6 Å². The summed E-state index contributed by atoms with van der Waals surface area (Å²) in [6, 6.07) is 5.60. The molecular weight excluding hydrogens is 344 g/mol. The highest BCUT2D eigenvalue weighted by molar-refractivity contribution is 7.89. The summed E-state index contributed by atoms with van der Waals surface area (Å²) in [6.45, 7) is 1.56. The van der Waals surface area contributed by atoms with E-state index in [1.807, 2.05) is 18.2 Å². The number of ether oxygens (including phenoxy) is 2. The zero-order chi connectivity index (χ0) is 17.9. The van der Waals surface area contributed by atoms with Gasteiger partial charge in [0.05, 0.1) is 18.8 Å². The highest BCUT2D eigenvalue weighted by atomic mass is 32.2. The van der Waals surface area contributed by atoms with Crippen LogP contribution in [0.4, 0.5) is 0 Å². The molecule has 1 N–H and O–H groups in total. The van der Waals surface area contributed by atoms with Crippen molar-refractivity contribution in [3.8, 4) is 11.5 Å². The average molecular weight is 368 g/mol. The number of carbonyl (C=O) groups excluding carboxylic acids is 1. The minimum absolute atomic E-state index is 0.0588. The summed E-state index contributed by atoms with van der Waals surface area (Å²) in [5.74, 6) is 0.786. The zero-order valence-corrected chi connectivity index (χ0v) is 15.2. The number of methoxy groups -OCH3 is 1. The molecule has 3 rings (SSSR count). The molecule has 2 aliphatic heterocycles. The summed E-state index contributed by atoms with van der Waals surface area (Å²) in [7, 11) is -1.69. The maximum atomic E-state index is 12.3. The number of fused-ring (bicyclic) bond motifs is 1. The minimum atomic E-state index is -3.27. The molecule has 1 amide bonds. The van der Waals surface area contributed by atoms with Gasteiger partial charge in [0.15, 0.2) is 11.5 Å². The molecule has 0 aliphatic carbocycles. The van der Waals surface area contributed by atoms with E-state index >= 15 is 0 Å². The van der Waals surface area contributed by atoms with E-state index in [2.05, 4.69) is 5.32 Å². The number of nitrogens with zero attached hydrogens (tertiary/aromatic N) is 1. The molecule has 1 fully saturated rings. The molecule has 1 aromatic rings. The van der Waals surface area contributed by atoms with Crippen molar-refractivity contribution in [2.75, 3.05) is 39.1 Å². The predicted molar refractivity (Wildman–Crippen MR) is 93.3 cm³/mol. The lowest BCUT2D eigenvalue weighted by Gasteiger charge is -2.26. The Labute approximate surface area is 148 Å². The van der Waals surface area contributed by atoms with Crippen molar-refractivity contribution in [2.45, 2.75) is 19.3 Å². The fraction of sp³-hybridized carbons (Fsp3) is 0.588. The van der Waals surface area contributed by atoms with Gasteiger partial charge >= 0.3 is 0 Å². The minimum Gasteiger partial charge on any atom is -0.493 e. The number of hydrogen-bond acceptors (Lipinski definition) is 5. The molecule has 0 aromatic heterocycles. The summed E-state index contributed by atoms with van der Waals surface area (Å²) < 4.78 is 36.8. The molecule has 2 aliphatic rings. The first-order chi connectivity index (χ1) is 12.0. The summed E-state index contributed by atoms with van der Waals surface area (Å²) in [5, 5.41) is 2.74. The predicted octanol–water partition coefficient (Wildman–Crippen LogP) is 0.788. The van der Waals surface area contributed by atoms with E-state index in [-0.39, 0.29) is 30.7 Å². The van der Waals surface area contributed by atoms with Crippen LogP contribution in [0.2, 0.25) is 0 Å². The summed E-state index contributed by atoms with van der Waals surface area (Å²) in [6.07, 6.45) is 2.37. The topological polar surface area (TPSA) is 84.9 Å². The van der Waals surface area contributed by atoms with E-state index in [1.54, 1.807) is 7.11 Å². The lowest BCUT2D eigenvalue weighted by Crippen LogP contribution is -2.41. The number of para-hydroxylation sites is 1. The molecule has 0 spiro atoms. The smallest absolute Gasteiger partial charge is 0.226 e. The summed E-state index contributed by atoms with van der Waals surface area (Å²) in [4.78, 5) is 12.3. The van der Waals surface area contributed by atoms with Crippen LogP contribution in [-0.4, -0.2) is 57.7 Å². The van der Waals surface area contributed by atoms with Gasteiger partial charge in [0.25, 0.3) is 0 Å². The van der Waals surface area contributed by atoms with E-state index in [0.717, 1.165) is 18.4 Å². The van der Waals surface area contributed by atoms with Gasteiger partial charge in [0.2, 0.25) is 15.9 Å². The van der Waals surface area contributed by atoms with Gasteiger partial charge in [-0.15, -0.1) is 0 Å². The zero-order valence-electron chi connectivity index (χ0n) is 14.4. The fourth-order valence-electron chi connectivity index (χ4n) is 3.27. The van der Waals surface area contributed by atoms with Crippen molar-refractivity contribution in [1.29, 1.82) is 0 Å². The summed E-state index contributed by atoms with van der Waals surface area (Å²) >= 11 is 0. The number of benzene rings is 1. The third-order valence-corrected chi connectivity index (χ3v) is 6.54. The van der Waals surface area contributed by atoms with Crippen molar-refractivity contribution in [3.05, 3.63) is 23.8 Å². The molecule has 0 unspecified atom stereocenters. The largest absolute Gasteiger partial charge is 0.493 e. The third kappa shape index (κ3) is 4.07. The van der Waals surface area contributed by atoms with Crippen LogP contribution >= 0.6 is 0 Å². The standard InChI is InChI=1S/C17H24N2O5S/c1-23-15-6-4-5-13-11-14(12-24-16(13)15)17(20)18-7-10-25(21,22)19-8-2-3-9-19/h4-6,14H,2-3,7-12H2,1H3,(H,18,20)/t14-/m0/s1. The van der Waals surface area contributed by atoms with Crippen molar-refractivity contribution < 1.29 is 22.7 Å². The van der Waals surface area contributed by atoms with Gasteiger partial charge in [-0.2, -0.15) is 0 Å². The Bertz CT molecular complexity index is 729. The molecule has 0 saturated carbocycles. The first kappa shape index (κ1) is 18.0. The number of nitrogens with one attached hydrogen (secondary N) is 1. The molecule has 1 aromatic carbocycles. The maximum Gasteiger partial charge on any atom is 0.226 e. The average Bonchev–Trinajstić information content (AvgIpc) is 3.16. The molecule has 8 heteroatoms. The lowest BCUT2D eigenvalue weighted by atomic mass is 9.95. The Morgan fingerprint density at radius 3 is 2.84 bits per heavy atom. The first-order valence-corrected chi connectivity index (χ1v) is 10.2. The van der Waals surface area contributed by atoms with Crippen LogP contribution in [0.3, 0.4) is 0 Å². The molecule has 138 valence electrons. The van der Waals surface area contributed by atoms with E-state index in [1.165, 1.54) is 4.31 Å². The normalized spacial score (nSPS) is 20.6. The number of sulfonamides is 1. The van der Waals surface area contributed by atoms with E-state index in [4.69, 9.17) is 9.47 Å². The van der Waals surface area contributed by atoms with Gasteiger partial charge in [0.1, 0.15) is 6.61 Å². The van der Waals surface area contributed by atoms with Crippen LogP contribution in [0.1, 0.15) is 18.4 Å². The van der Waals surface area contributed by atoms with E-state index in [0.29, 0.717) is 31.0 Å². The Morgan fingerprint density at radius 2 is 2.12 bits per heavy atom. The highest BCUT2D eigenvalue weighted by Gasteiger charge is 2.29. The monoisotopic (exact) mass is 368 g/mol. The van der Waals surface area contributed by atoms with Crippen LogP contribution in [0, 0.1) is 5.92 Å². The second-order valence-electron chi connectivity index (χ2n) is 6.37. The number of rotatable bonds is 6. The van der Waals surface area contributed by atoms with Crippen LogP contribution in [-0.2, 0) is 21.2 Å². The fourth-order valence-corrected chi connectivity index (χ4v) is 4.70. The molecule has 0 radical (unpaired) electrons. The lowest BCUT2D eigenvalue weighted by molar-refractivity contribution is -0.126. The van der Waals surface area contributed by atoms with Gasteiger partial charge in [-0.3, -0.25) is 4.79 Å². The highest BCUT2D eigenvalue weighted by Crippen LogP contribution is 2.35. The number of carbonyl (C=O) groups is 1. The van der Waals surface area contributed by atoms with Gasteiger partial charge < -0.3 is 14.8 Å². The van der Waals surface area contributed by atoms with Gasteiger partial charge in [-0.05, 0) is 30.9 Å². The molecule has 7 nitrogen and oxygen atoms in total. The second kappa shape index (κ2) is 7.61.